The number of methoxy groups -OCH3 is 1. The van der Waals surface area contributed by atoms with Crippen LogP contribution in [0.15, 0.2) is 36.0 Å². The van der Waals surface area contributed by atoms with Gasteiger partial charge >= 0.3 is 5.97 Å². The van der Waals surface area contributed by atoms with E-state index < -0.39 is 0 Å². The number of hydrogen-bond donors (Lipinski definition) is 1. The van der Waals surface area contributed by atoms with Crippen molar-refractivity contribution in [1.82, 2.24) is 5.32 Å². The van der Waals surface area contributed by atoms with Gasteiger partial charge in [0.1, 0.15) is 0 Å². The van der Waals surface area contributed by atoms with E-state index in [1.54, 1.807) is 6.08 Å². The van der Waals surface area contributed by atoms with Crippen LogP contribution >= 0.6 is 0 Å². The van der Waals surface area contributed by atoms with Crippen molar-refractivity contribution in [3.05, 3.63) is 36.0 Å². The van der Waals surface area contributed by atoms with Crippen LogP contribution in [-0.2, 0) is 9.53 Å². The molecule has 19 heavy (non-hydrogen) atoms. The van der Waals surface area contributed by atoms with Gasteiger partial charge in [0, 0.05) is 0 Å². The Morgan fingerprint density at radius 2 is 2.00 bits per heavy atom. The Morgan fingerprint density at radius 3 is 2.42 bits per heavy atom. The Kier molecular flexibility index (Phi) is 13.8. The minimum Gasteiger partial charge on any atom is -0.465 e. The van der Waals surface area contributed by atoms with Crippen LogP contribution in [0.5, 0.6) is 0 Å². The van der Waals surface area contributed by atoms with Gasteiger partial charge in [-0.2, -0.15) is 0 Å². The average Bonchev–Trinajstić information content (AvgIpc) is 2.46. The van der Waals surface area contributed by atoms with Gasteiger partial charge in [0.25, 0.3) is 0 Å². The second-order valence-electron chi connectivity index (χ2n) is 3.92. The molecule has 0 radical (unpaired) electrons. The quantitative estimate of drug-likeness (QED) is 0.436. The van der Waals surface area contributed by atoms with Gasteiger partial charge in [-0.3, -0.25) is 0 Å². The third-order valence-electron chi connectivity index (χ3n) is 2.63. The maximum absolute atomic E-state index is 11.6. The highest BCUT2D eigenvalue weighted by molar-refractivity contribution is 5.93. The van der Waals surface area contributed by atoms with Crippen LogP contribution < -0.4 is 5.32 Å². The molecule has 1 N–H and O–H groups in total. The van der Waals surface area contributed by atoms with Crippen LogP contribution in [0.2, 0.25) is 0 Å². The van der Waals surface area contributed by atoms with E-state index in [1.165, 1.54) is 7.11 Å². The topological polar surface area (TPSA) is 38.3 Å². The maximum atomic E-state index is 11.6. The molecule has 0 saturated heterocycles. The summed E-state index contributed by atoms with van der Waals surface area (Å²) in [5.41, 5.74) is 1.37. The molecule has 0 aliphatic carbocycles. The maximum Gasteiger partial charge on any atom is 0.338 e. The highest BCUT2D eigenvalue weighted by Gasteiger charge is 2.17. The molecule has 0 aliphatic rings. The molecule has 0 rings (SSSR count). The van der Waals surface area contributed by atoms with Crippen LogP contribution in [0, 0.1) is 5.92 Å². The van der Waals surface area contributed by atoms with Crippen molar-refractivity contribution in [3.63, 3.8) is 0 Å². The molecule has 0 heterocycles. The number of esters is 1. The Bertz CT molecular complexity index is 317. The first kappa shape index (κ1) is 20.0. The molecule has 0 aromatic carbocycles. The number of nitrogens with one attached hydrogen (secondary N) is 1. The van der Waals surface area contributed by atoms with Crippen LogP contribution in [-0.4, -0.2) is 26.7 Å². The second kappa shape index (κ2) is 13.1. The Hall–Kier alpha value is -1.35. The molecule has 0 aliphatic heterocycles. The molecule has 0 saturated carbocycles. The van der Waals surface area contributed by atoms with Crippen molar-refractivity contribution in [2.75, 3.05) is 20.7 Å². The fourth-order valence-electron chi connectivity index (χ4n) is 1.41. The van der Waals surface area contributed by atoms with E-state index in [2.05, 4.69) is 18.8 Å². The molecular formula is C16H29NO2. The van der Waals surface area contributed by atoms with Crippen LogP contribution in [0.3, 0.4) is 0 Å². The first-order chi connectivity index (χ1) is 9.08. The number of rotatable bonds is 7. The number of allylic oxidation sites excluding steroid dienone is 3. The highest BCUT2D eigenvalue weighted by Crippen LogP contribution is 2.21. The van der Waals surface area contributed by atoms with Crippen molar-refractivity contribution in [1.29, 1.82) is 0 Å². The molecule has 0 fully saturated rings. The predicted octanol–water partition coefficient (Wildman–Crippen LogP) is 3.49. The zero-order valence-electron chi connectivity index (χ0n) is 13.2. The van der Waals surface area contributed by atoms with Gasteiger partial charge in [-0.05, 0) is 44.5 Å². The summed E-state index contributed by atoms with van der Waals surface area (Å²) in [5, 5.41) is 3.09. The number of carbonyl (C=O) groups is 1. The zero-order chi connectivity index (χ0) is 15.3. The second-order valence-corrected chi connectivity index (χ2v) is 3.92. The Morgan fingerprint density at radius 1 is 1.42 bits per heavy atom. The molecule has 0 aromatic rings. The third-order valence-corrected chi connectivity index (χ3v) is 2.63. The molecule has 3 nitrogen and oxygen atoms in total. The standard InChI is InChI=1S/C14H23NO2.C2H6/c1-6-7-8-13(14(16)17-5)12(3)11(2)9-10-15-4;1-2/h6-8,11,15H,3,9-10H2,1-2,4-5H3;1-2H3/b7-6-,13-8+;. The fourth-order valence-corrected chi connectivity index (χ4v) is 1.41. The van der Waals surface area contributed by atoms with Gasteiger partial charge in [0.05, 0.1) is 12.7 Å². The van der Waals surface area contributed by atoms with Crippen molar-refractivity contribution in [3.8, 4) is 0 Å². The normalized spacial score (nSPS) is 12.6. The van der Waals surface area contributed by atoms with Gasteiger partial charge in [-0.1, -0.05) is 39.5 Å². The number of ether oxygens (including phenoxy) is 1. The summed E-state index contributed by atoms with van der Waals surface area (Å²) in [5.74, 6) is -0.0811. The lowest BCUT2D eigenvalue weighted by molar-refractivity contribution is -0.135. The number of carbonyl (C=O) groups excluding carboxylic acids is 1. The summed E-state index contributed by atoms with van der Waals surface area (Å²) < 4.78 is 4.77. The van der Waals surface area contributed by atoms with E-state index in [4.69, 9.17) is 4.74 Å². The summed E-state index contributed by atoms with van der Waals surface area (Å²) in [6, 6.07) is 0. The summed E-state index contributed by atoms with van der Waals surface area (Å²) in [4.78, 5) is 11.6. The van der Waals surface area contributed by atoms with Gasteiger partial charge in [-0.25, -0.2) is 4.79 Å². The summed E-state index contributed by atoms with van der Waals surface area (Å²) >= 11 is 0. The highest BCUT2D eigenvalue weighted by atomic mass is 16.5. The van der Waals surface area contributed by atoms with Gasteiger partial charge in [0.2, 0.25) is 0 Å². The van der Waals surface area contributed by atoms with Crippen LogP contribution in [0.1, 0.15) is 34.1 Å². The van der Waals surface area contributed by atoms with Gasteiger partial charge in [0.15, 0.2) is 0 Å². The average molecular weight is 267 g/mol. The fraction of sp³-hybridized carbons (Fsp3) is 0.562. The minimum absolute atomic E-state index is 0.248. The van der Waals surface area contributed by atoms with Crippen molar-refractivity contribution in [2.45, 2.75) is 34.1 Å². The van der Waals surface area contributed by atoms with E-state index in [0.29, 0.717) is 5.57 Å². The van der Waals surface area contributed by atoms with E-state index in [9.17, 15) is 4.79 Å². The molecule has 3 heteroatoms. The first-order valence-corrected chi connectivity index (χ1v) is 6.83. The Labute approximate surface area is 118 Å². The lowest BCUT2D eigenvalue weighted by Crippen LogP contribution is -2.16. The molecule has 0 bridgehead atoms. The molecule has 0 amide bonds. The molecule has 0 aromatic heterocycles. The smallest absolute Gasteiger partial charge is 0.338 e. The minimum atomic E-state index is -0.329. The molecule has 110 valence electrons. The zero-order valence-corrected chi connectivity index (χ0v) is 13.2. The summed E-state index contributed by atoms with van der Waals surface area (Å²) in [6.07, 6.45) is 6.39. The van der Waals surface area contributed by atoms with Gasteiger partial charge in [-0.15, -0.1) is 0 Å². The largest absolute Gasteiger partial charge is 0.465 e. The molecule has 1 unspecified atom stereocenters. The van der Waals surface area contributed by atoms with E-state index in [0.717, 1.165) is 18.5 Å². The molecule has 0 spiro atoms. The van der Waals surface area contributed by atoms with Crippen molar-refractivity contribution < 1.29 is 9.53 Å². The SMILES string of the molecule is C=C(/C(=C\C=C/C)C(=O)OC)C(C)CCNC.CC. The van der Waals surface area contributed by atoms with E-state index >= 15 is 0 Å². The van der Waals surface area contributed by atoms with E-state index in [-0.39, 0.29) is 11.9 Å². The molecule has 1 atom stereocenters. The van der Waals surface area contributed by atoms with Crippen LogP contribution in [0.25, 0.3) is 0 Å². The monoisotopic (exact) mass is 267 g/mol. The summed E-state index contributed by atoms with van der Waals surface area (Å²) in [6.45, 7) is 12.9. The van der Waals surface area contributed by atoms with Crippen molar-refractivity contribution in [2.24, 2.45) is 5.92 Å². The first-order valence-electron chi connectivity index (χ1n) is 6.83. The molecular weight excluding hydrogens is 238 g/mol. The van der Waals surface area contributed by atoms with Gasteiger partial charge < -0.3 is 10.1 Å². The Balaban J connectivity index is 0. The predicted molar refractivity (Wildman–Crippen MR) is 83.1 cm³/mol. The van der Waals surface area contributed by atoms with E-state index in [1.807, 2.05) is 40.0 Å². The lowest BCUT2D eigenvalue weighted by atomic mass is 9.92. The number of hydrogen-bond acceptors (Lipinski definition) is 3. The third kappa shape index (κ3) is 8.38. The lowest BCUT2D eigenvalue weighted by Gasteiger charge is -2.16. The van der Waals surface area contributed by atoms with Crippen molar-refractivity contribution >= 4 is 5.97 Å². The van der Waals surface area contributed by atoms with Crippen LogP contribution in [0.4, 0.5) is 0 Å². The summed E-state index contributed by atoms with van der Waals surface area (Å²) in [7, 11) is 3.30.